The van der Waals surface area contributed by atoms with Gasteiger partial charge in [0, 0.05) is 0 Å². The molecular formula is C15H22N2O4. The zero-order valence-corrected chi connectivity index (χ0v) is 13.0. The Hall–Kier alpha value is -2.08. The molecule has 6 nitrogen and oxygen atoms in total. The number of aliphatic carboxylic acids is 1. The number of likely N-dealkylation sites (N-methyl/N-ethyl adjacent to an activating group) is 1. The van der Waals surface area contributed by atoms with Crippen LogP contribution < -0.4 is 10.1 Å². The summed E-state index contributed by atoms with van der Waals surface area (Å²) in [6.45, 7) is 3.33. The second kappa shape index (κ2) is 7.08. The van der Waals surface area contributed by atoms with Gasteiger partial charge in [0.05, 0.1) is 7.11 Å². The minimum Gasteiger partial charge on any atom is -0.496 e. The third-order valence-corrected chi connectivity index (χ3v) is 3.23. The van der Waals surface area contributed by atoms with Crippen molar-refractivity contribution >= 4 is 11.9 Å². The molecule has 1 aromatic rings. The predicted molar refractivity (Wildman–Crippen MR) is 79.4 cm³/mol. The van der Waals surface area contributed by atoms with Crippen LogP contribution in [0, 0.1) is 6.92 Å². The minimum atomic E-state index is -1.06. The summed E-state index contributed by atoms with van der Waals surface area (Å²) < 4.78 is 5.20. The summed E-state index contributed by atoms with van der Waals surface area (Å²) in [5.41, 5.74) is 1.70. The summed E-state index contributed by atoms with van der Waals surface area (Å²) in [7, 11) is 5.14. The van der Waals surface area contributed by atoms with Gasteiger partial charge in [-0.25, -0.2) is 0 Å². The van der Waals surface area contributed by atoms with Crippen LogP contribution in [-0.2, 0) is 9.59 Å². The number of benzene rings is 1. The van der Waals surface area contributed by atoms with Crippen molar-refractivity contribution in [3.63, 3.8) is 0 Å². The Labute approximate surface area is 124 Å². The molecule has 0 radical (unpaired) electrons. The lowest BCUT2D eigenvalue weighted by molar-refractivity contribution is -0.142. The number of carbonyl (C=O) groups is 2. The van der Waals surface area contributed by atoms with E-state index in [9.17, 15) is 9.59 Å². The molecule has 0 spiro atoms. The van der Waals surface area contributed by atoms with E-state index in [1.807, 2.05) is 19.1 Å². The van der Waals surface area contributed by atoms with Crippen LogP contribution in [0.5, 0.6) is 5.75 Å². The van der Waals surface area contributed by atoms with E-state index in [-0.39, 0.29) is 5.91 Å². The van der Waals surface area contributed by atoms with Crippen LogP contribution in [0.15, 0.2) is 18.2 Å². The Morgan fingerprint density at radius 2 is 1.95 bits per heavy atom. The van der Waals surface area contributed by atoms with Crippen molar-refractivity contribution in [1.82, 2.24) is 10.2 Å². The van der Waals surface area contributed by atoms with Gasteiger partial charge in [-0.1, -0.05) is 12.1 Å². The molecule has 21 heavy (non-hydrogen) atoms. The Kier molecular flexibility index (Phi) is 5.72. The summed E-state index contributed by atoms with van der Waals surface area (Å²) in [5.74, 6) is -0.665. The van der Waals surface area contributed by atoms with Crippen molar-refractivity contribution in [3.05, 3.63) is 29.3 Å². The van der Waals surface area contributed by atoms with Gasteiger partial charge in [-0.2, -0.15) is 0 Å². The number of aryl methyl sites for hydroxylation is 1. The number of carboxylic acids is 1. The van der Waals surface area contributed by atoms with Gasteiger partial charge in [-0.15, -0.1) is 0 Å². The fourth-order valence-electron chi connectivity index (χ4n) is 2.11. The van der Waals surface area contributed by atoms with Gasteiger partial charge in [0.15, 0.2) is 0 Å². The minimum absolute atomic E-state index is 0.348. The van der Waals surface area contributed by atoms with Gasteiger partial charge in [-0.3, -0.25) is 14.5 Å². The number of carboxylic acid groups (broad SMARTS) is 1. The van der Waals surface area contributed by atoms with Gasteiger partial charge in [0.25, 0.3) is 0 Å². The van der Waals surface area contributed by atoms with E-state index in [1.165, 1.54) is 6.92 Å². The van der Waals surface area contributed by atoms with Crippen molar-refractivity contribution in [2.45, 2.75) is 25.9 Å². The monoisotopic (exact) mass is 294 g/mol. The van der Waals surface area contributed by atoms with Crippen LogP contribution >= 0.6 is 0 Å². The summed E-state index contributed by atoms with van der Waals surface area (Å²) in [6.07, 6.45) is 0. The maximum atomic E-state index is 12.3. The summed E-state index contributed by atoms with van der Waals surface area (Å²) >= 11 is 0. The molecule has 1 aromatic carbocycles. The molecule has 1 rings (SSSR count). The predicted octanol–water partition coefficient (Wildman–Crippen LogP) is 1.20. The Morgan fingerprint density at radius 3 is 2.38 bits per heavy atom. The second-order valence-corrected chi connectivity index (χ2v) is 5.16. The molecule has 0 saturated heterocycles. The van der Waals surface area contributed by atoms with E-state index < -0.39 is 18.1 Å². The number of hydrogen-bond donors (Lipinski definition) is 2. The SMILES string of the molecule is COc1ccc([C@@H](C(=O)N[C@@H](C)C(=O)O)N(C)C)cc1C. The van der Waals surface area contributed by atoms with Gasteiger partial charge >= 0.3 is 5.97 Å². The fourth-order valence-corrected chi connectivity index (χ4v) is 2.11. The first-order valence-electron chi connectivity index (χ1n) is 6.62. The lowest BCUT2D eigenvalue weighted by Crippen LogP contribution is -2.44. The highest BCUT2D eigenvalue weighted by atomic mass is 16.5. The average Bonchev–Trinajstić information content (AvgIpc) is 2.38. The third kappa shape index (κ3) is 4.19. The first kappa shape index (κ1) is 17.0. The molecule has 0 aromatic heterocycles. The van der Waals surface area contributed by atoms with Gasteiger partial charge in [0.2, 0.25) is 5.91 Å². The molecule has 1 amide bonds. The van der Waals surface area contributed by atoms with E-state index >= 15 is 0 Å². The van der Waals surface area contributed by atoms with E-state index in [0.29, 0.717) is 0 Å². The number of methoxy groups -OCH3 is 1. The maximum absolute atomic E-state index is 12.3. The van der Waals surface area contributed by atoms with Crippen LogP contribution in [0.3, 0.4) is 0 Å². The van der Waals surface area contributed by atoms with E-state index in [0.717, 1.165) is 16.9 Å². The maximum Gasteiger partial charge on any atom is 0.325 e. The van der Waals surface area contributed by atoms with Crippen molar-refractivity contribution in [1.29, 1.82) is 0 Å². The highest BCUT2D eigenvalue weighted by molar-refractivity contribution is 5.87. The topological polar surface area (TPSA) is 78.9 Å². The zero-order chi connectivity index (χ0) is 16.2. The molecule has 0 heterocycles. The molecule has 0 aliphatic rings. The summed E-state index contributed by atoms with van der Waals surface area (Å²) in [5, 5.41) is 11.4. The molecule has 2 atom stereocenters. The standard InChI is InChI=1S/C15H22N2O4/c1-9-8-11(6-7-12(9)21-5)13(17(3)4)14(18)16-10(2)15(19)20/h6-8,10,13H,1-5H3,(H,16,18)(H,19,20)/t10-,13-/m0/s1. The molecule has 0 unspecified atom stereocenters. The van der Waals surface area contributed by atoms with Crippen molar-refractivity contribution in [2.24, 2.45) is 0 Å². The Balaban J connectivity index is 3.04. The summed E-state index contributed by atoms with van der Waals surface area (Å²) in [6, 6.07) is 3.99. The zero-order valence-electron chi connectivity index (χ0n) is 13.0. The lowest BCUT2D eigenvalue weighted by atomic mass is 10.0. The number of ether oxygens (including phenoxy) is 1. The normalized spacial score (nSPS) is 13.6. The Bertz CT molecular complexity index is 528. The largest absolute Gasteiger partial charge is 0.496 e. The average molecular weight is 294 g/mol. The van der Waals surface area contributed by atoms with Gasteiger partial charge in [-0.05, 0) is 45.1 Å². The van der Waals surface area contributed by atoms with Gasteiger partial charge in [0.1, 0.15) is 17.8 Å². The quantitative estimate of drug-likeness (QED) is 0.824. The molecule has 0 fully saturated rings. The molecule has 116 valence electrons. The first-order valence-corrected chi connectivity index (χ1v) is 6.62. The molecule has 2 N–H and O–H groups in total. The lowest BCUT2D eigenvalue weighted by Gasteiger charge is -2.25. The second-order valence-electron chi connectivity index (χ2n) is 5.16. The molecule has 0 aliphatic heterocycles. The number of rotatable bonds is 6. The number of amides is 1. The first-order chi connectivity index (χ1) is 9.77. The number of nitrogens with zero attached hydrogens (tertiary/aromatic N) is 1. The van der Waals surface area contributed by atoms with Crippen LogP contribution in [0.1, 0.15) is 24.1 Å². The Morgan fingerprint density at radius 1 is 1.33 bits per heavy atom. The van der Waals surface area contributed by atoms with Crippen LogP contribution in [0.2, 0.25) is 0 Å². The highest BCUT2D eigenvalue weighted by Crippen LogP contribution is 2.25. The molecule has 0 bridgehead atoms. The molecule has 0 aliphatic carbocycles. The van der Waals surface area contributed by atoms with Crippen molar-refractivity contribution < 1.29 is 19.4 Å². The van der Waals surface area contributed by atoms with Gasteiger partial charge < -0.3 is 15.2 Å². The third-order valence-electron chi connectivity index (χ3n) is 3.23. The number of hydrogen-bond acceptors (Lipinski definition) is 4. The highest BCUT2D eigenvalue weighted by Gasteiger charge is 2.26. The van der Waals surface area contributed by atoms with Crippen LogP contribution in [-0.4, -0.2) is 49.1 Å². The fraction of sp³-hybridized carbons (Fsp3) is 0.467. The van der Waals surface area contributed by atoms with E-state index in [4.69, 9.17) is 9.84 Å². The molecule has 6 heteroatoms. The van der Waals surface area contributed by atoms with Crippen LogP contribution in [0.25, 0.3) is 0 Å². The van der Waals surface area contributed by atoms with E-state index in [1.54, 1.807) is 32.2 Å². The number of nitrogens with one attached hydrogen (secondary N) is 1. The smallest absolute Gasteiger partial charge is 0.325 e. The van der Waals surface area contributed by atoms with Crippen molar-refractivity contribution in [2.75, 3.05) is 21.2 Å². The van der Waals surface area contributed by atoms with E-state index in [2.05, 4.69) is 5.32 Å². The number of carbonyl (C=O) groups excluding carboxylic acids is 1. The summed E-state index contributed by atoms with van der Waals surface area (Å²) in [4.78, 5) is 24.9. The molecule has 0 saturated carbocycles. The van der Waals surface area contributed by atoms with Crippen molar-refractivity contribution in [3.8, 4) is 5.75 Å². The molecular weight excluding hydrogens is 272 g/mol. The van der Waals surface area contributed by atoms with Crippen LogP contribution in [0.4, 0.5) is 0 Å².